The second-order valence-corrected chi connectivity index (χ2v) is 5.12. The molecule has 0 heterocycles. The SMILES string of the molecule is CCc1cccc(O[C@H](C)C(=O)Nc2cccc(C)c2)c1. The summed E-state index contributed by atoms with van der Waals surface area (Å²) in [5.41, 5.74) is 3.09. The Hall–Kier alpha value is -2.29. The van der Waals surface area contributed by atoms with Gasteiger partial charge in [-0.3, -0.25) is 4.79 Å². The van der Waals surface area contributed by atoms with Gasteiger partial charge in [-0.25, -0.2) is 0 Å². The quantitative estimate of drug-likeness (QED) is 0.902. The number of ether oxygens (including phenoxy) is 1. The number of hydrogen-bond donors (Lipinski definition) is 1. The molecule has 0 aliphatic carbocycles. The monoisotopic (exact) mass is 283 g/mol. The van der Waals surface area contributed by atoms with Crippen LogP contribution >= 0.6 is 0 Å². The lowest BCUT2D eigenvalue weighted by Gasteiger charge is -2.15. The van der Waals surface area contributed by atoms with Gasteiger partial charge in [0.05, 0.1) is 0 Å². The molecular weight excluding hydrogens is 262 g/mol. The minimum absolute atomic E-state index is 0.150. The van der Waals surface area contributed by atoms with E-state index in [0.717, 1.165) is 23.4 Å². The van der Waals surface area contributed by atoms with E-state index in [2.05, 4.69) is 12.2 Å². The molecule has 3 nitrogen and oxygen atoms in total. The van der Waals surface area contributed by atoms with E-state index in [9.17, 15) is 4.79 Å². The number of amides is 1. The molecule has 2 aromatic rings. The standard InChI is InChI=1S/C18H21NO2/c1-4-15-8-6-10-17(12-15)21-14(3)18(20)19-16-9-5-7-13(2)11-16/h5-12,14H,4H2,1-3H3,(H,19,20)/t14-/m1/s1. The summed E-state index contributed by atoms with van der Waals surface area (Å²) in [5.74, 6) is 0.573. The molecule has 0 radical (unpaired) electrons. The van der Waals surface area contributed by atoms with Gasteiger partial charge in [-0.05, 0) is 55.7 Å². The lowest BCUT2D eigenvalue weighted by molar-refractivity contribution is -0.122. The fourth-order valence-electron chi connectivity index (χ4n) is 2.06. The van der Waals surface area contributed by atoms with Crippen LogP contribution in [0.2, 0.25) is 0 Å². The Morgan fingerprint density at radius 2 is 1.95 bits per heavy atom. The predicted octanol–water partition coefficient (Wildman–Crippen LogP) is 3.96. The molecular formula is C18H21NO2. The second kappa shape index (κ2) is 6.93. The minimum atomic E-state index is -0.544. The fourth-order valence-corrected chi connectivity index (χ4v) is 2.06. The summed E-state index contributed by atoms with van der Waals surface area (Å²) in [4.78, 5) is 12.1. The van der Waals surface area contributed by atoms with E-state index < -0.39 is 6.10 Å². The molecule has 21 heavy (non-hydrogen) atoms. The fraction of sp³-hybridized carbons (Fsp3) is 0.278. The number of carbonyl (C=O) groups excluding carboxylic acids is 1. The molecule has 0 saturated heterocycles. The number of anilines is 1. The maximum atomic E-state index is 12.1. The van der Waals surface area contributed by atoms with Crippen LogP contribution in [0.4, 0.5) is 5.69 Å². The average molecular weight is 283 g/mol. The number of carbonyl (C=O) groups is 1. The first kappa shape index (κ1) is 15.1. The molecule has 3 heteroatoms. The normalized spacial score (nSPS) is 11.8. The number of rotatable bonds is 5. The van der Waals surface area contributed by atoms with Gasteiger partial charge in [0.15, 0.2) is 6.10 Å². The van der Waals surface area contributed by atoms with Gasteiger partial charge in [0.2, 0.25) is 0 Å². The Morgan fingerprint density at radius 1 is 1.19 bits per heavy atom. The van der Waals surface area contributed by atoms with Crippen molar-refractivity contribution < 1.29 is 9.53 Å². The van der Waals surface area contributed by atoms with Gasteiger partial charge in [-0.2, -0.15) is 0 Å². The molecule has 0 unspecified atom stereocenters. The van der Waals surface area contributed by atoms with Crippen LogP contribution in [0, 0.1) is 6.92 Å². The first-order valence-electron chi connectivity index (χ1n) is 7.21. The summed E-state index contributed by atoms with van der Waals surface area (Å²) in [5, 5.41) is 2.87. The largest absolute Gasteiger partial charge is 0.481 e. The second-order valence-electron chi connectivity index (χ2n) is 5.12. The highest BCUT2D eigenvalue weighted by atomic mass is 16.5. The number of hydrogen-bond acceptors (Lipinski definition) is 2. The van der Waals surface area contributed by atoms with E-state index in [0.29, 0.717) is 0 Å². The lowest BCUT2D eigenvalue weighted by atomic mass is 10.1. The van der Waals surface area contributed by atoms with E-state index in [1.54, 1.807) is 6.92 Å². The summed E-state index contributed by atoms with van der Waals surface area (Å²) in [6.45, 7) is 5.84. The first-order valence-corrected chi connectivity index (χ1v) is 7.21. The van der Waals surface area contributed by atoms with Crippen molar-refractivity contribution in [3.8, 4) is 5.75 Å². The summed E-state index contributed by atoms with van der Waals surface area (Å²) >= 11 is 0. The zero-order chi connectivity index (χ0) is 15.2. The Bertz CT molecular complexity index is 622. The number of aryl methyl sites for hydroxylation is 2. The highest BCUT2D eigenvalue weighted by Crippen LogP contribution is 2.16. The first-order chi connectivity index (χ1) is 10.1. The van der Waals surface area contributed by atoms with Crippen LogP contribution < -0.4 is 10.1 Å². The number of nitrogens with one attached hydrogen (secondary N) is 1. The maximum absolute atomic E-state index is 12.1. The smallest absolute Gasteiger partial charge is 0.265 e. The van der Waals surface area contributed by atoms with Crippen LogP contribution in [-0.4, -0.2) is 12.0 Å². The van der Waals surface area contributed by atoms with Crippen LogP contribution in [0.15, 0.2) is 48.5 Å². The summed E-state index contributed by atoms with van der Waals surface area (Å²) in [6, 6.07) is 15.5. The molecule has 2 aromatic carbocycles. The summed E-state index contributed by atoms with van der Waals surface area (Å²) in [6.07, 6.45) is 0.402. The third-order valence-electron chi connectivity index (χ3n) is 3.27. The molecule has 0 saturated carbocycles. The molecule has 1 atom stereocenters. The number of benzene rings is 2. The van der Waals surface area contributed by atoms with Crippen LogP contribution in [-0.2, 0) is 11.2 Å². The van der Waals surface area contributed by atoms with E-state index >= 15 is 0 Å². The molecule has 110 valence electrons. The molecule has 1 N–H and O–H groups in total. The lowest BCUT2D eigenvalue weighted by Crippen LogP contribution is -2.30. The molecule has 0 aliphatic rings. The molecule has 0 aromatic heterocycles. The molecule has 0 spiro atoms. The third-order valence-corrected chi connectivity index (χ3v) is 3.27. The minimum Gasteiger partial charge on any atom is -0.481 e. The van der Waals surface area contributed by atoms with Gasteiger partial charge >= 0.3 is 0 Å². The van der Waals surface area contributed by atoms with E-state index in [1.165, 1.54) is 5.56 Å². The van der Waals surface area contributed by atoms with Gasteiger partial charge in [0.1, 0.15) is 5.75 Å². The molecule has 0 aliphatic heterocycles. The van der Waals surface area contributed by atoms with Crippen LogP contribution in [0.3, 0.4) is 0 Å². The van der Waals surface area contributed by atoms with E-state index in [-0.39, 0.29) is 5.91 Å². The van der Waals surface area contributed by atoms with E-state index in [4.69, 9.17) is 4.74 Å². The van der Waals surface area contributed by atoms with Gasteiger partial charge < -0.3 is 10.1 Å². The predicted molar refractivity (Wildman–Crippen MR) is 85.7 cm³/mol. The van der Waals surface area contributed by atoms with Gasteiger partial charge in [0, 0.05) is 5.69 Å². The van der Waals surface area contributed by atoms with Crippen LogP contribution in [0.1, 0.15) is 25.0 Å². The Balaban J connectivity index is 1.99. The van der Waals surface area contributed by atoms with Crippen molar-refractivity contribution in [3.05, 3.63) is 59.7 Å². The summed E-state index contributed by atoms with van der Waals surface area (Å²) < 4.78 is 5.71. The molecule has 0 fully saturated rings. The van der Waals surface area contributed by atoms with Gasteiger partial charge in [-0.1, -0.05) is 31.2 Å². The third kappa shape index (κ3) is 4.35. The topological polar surface area (TPSA) is 38.3 Å². The molecule has 1 amide bonds. The Morgan fingerprint density at radius 3 is 2.67 bits per heavy atom. The zero-order valence-electron chi connectivity index (χ0n) is 12.7. The van der Waals surface area contributed by atoms with Crippen molar-refractivity contribution in [2.45, 2.75) is 33.3 Å². The van der Waals surface area contributed by atoms with Crippen molar-refractivity contribution in [3.63, 3.8) is 0 Å². The highest BCUT2D eigenvalue weighted by molar-refractivity contribution is 5.94. The van der Waals surface area contributed by atoms with Crippen LogP contribution in [0.25, 0.3) is 0 Å². The summed E-state index contributed by atoms with van der Waals surface area (Å²) in [7, 11) is 0. The van der Waals surface area contributed by atoms with Crippen molar-refractivity contribution in [1.29, 1.82) is 0 Å². The van der Waals surface area contributed by atoms with Crippen molar-refractivity contribution in [2.75, 3.05) is 5.32 Å². The van der Waals surface area contributed by atoms with Crippen molar-refractivity contribution in [1.82, 2.24) is 0 Å². The molecule has 2 rings (SSSR count). The Labute approximate surface area is 126 Å². The van der Waals surface area contributed by atoms with Gasteiger partial charge in [0.25, 0.3) is 5.91 Å². The maximum Gasteiger partial charge on any atom is 0.265 e. The Kier molecular flexibility index (Phi) is 4.99. The van der Waals surface area contributed by atoms with E-state index in [1.807, 2.05) is 55.5 Å². The zero-order valence-corrected chi connectivity index (χ0v) is 12.7. The van der Waals surface area contributed by atoms with Crippen molar-refractivity contribution >= 4 is 11.6 Å². The van der Waals surface area contributed by atoms with Crippen LogP contribution in [0.5, 0.6) is 5.75 Å². The molecule has 0 bridgehead atoms. The highest BCUT2D eigenvalue weighted by Gasteiger charge is 2.15. The van der Waals surface area contributed by atoms with Crippen molar-refractivity contribution in [2.24, 2.45) is 0 Å². The van der Waals surface area contributed by atoms with Gasteiger partial charge in [-0.15, -0.1) is 0 Å². The average Bonchev–Trinajstić information content (AvgIpc) is 2.47.